The third-order valence-electron chi connectivity index (χ3n) is 5.62. The van der Waals surface area contributed by atoms with E-state index in [9.17, 15) is 0 Å². The number of nitrogens with one attached hydrogen (secondary N) is 2. The lowest BCUT2D eigenvalue weighted by molar-refractivity contribution is 0.381. The minimum atomic E-state index is -0.0885. The Morgan fingerprint density at radius 2 is 1.93 bits per heavy atom. The normalized spacial score (nSPS) is 15.3. The van der Waals surface area contributed by atoms with Gasteiger partial charge in [0, 0.05) is 54.6 Å². The van der Waals surface area contributed by atoms with Crippen LogP contribution >= 0.6 is 0 Å². The summed E-state index contributed by atoms with van der Waals surface area (Å²) in [6.07, 6.45) is 2.11. The molecule has 0 atom stereocenters. The molecule has 5 rings (SSSR count). The molecule has 0 saturated carbocycles. The Morgan fingerprint density at radius 3 is 2.76 bits per heavy atom. The zero-order valence-corrected chi connectivity index (χ0v) is 17.2. The number of benzene rings is 1. The number of anilines is 1. The number of aromatic nitrogens is 5. The highest BCUT2D eigenvalue weighted by molar-refractivity contribution is 5.82. The highest BCUT2D eigenvalue weighted by Crippen LogP contribution is 2.25. The Kier molecular flexibility index (Phi) is 4.28. The SMILES string of the molecule is CC(C)(C)c1nnc2ccc(N3CC(CNCc4c[nH]c5ccccc45)C3)nn12. The smallest absolute Gasteiger partial charge is 0.178 e. The number of fused-ring (bicyclic) bond motifs is 2. The number of hydrogen-bond acceptors (Lipinski definition) is 5. The molecule has 7 heteroatoms. The van der Waals surface area contributed by atoms with E-state index >= 15 is 0 Å². The van der Waals surface area contributed by atoms with E-state index < -0.39 is 0 Å². The molecular formula is C22H27N7. The molecule has 3 aromatic heterocycles. The van der Waals surface area contributed by atoms with E-state index in [1.807, 2.05) is 16.6 Å². The minimum absolute atomic E-state index is 0.0885. The van der Waals surface area contributed by atoms with Gasteiger partial charge in [0.25, 0.3) is 0 Å². The largest absolute Gasteiger partial charge is 0.361 e. The van der Waals surface area contributed by atoms with Crippen LogP contribution in [0.2, 0.25) is 0 Å². The van der Waals surface area contributed by atoms with Crippen molar-refractivity contribution in [1.29, 1.82) is 0 Å². The summed E-state index contributed by atoms with van der Waals surface area (Å²) in [5.41, 5.74) is 3.24. The number of para-hydroxylation sites is 1. The van der Waals surface area contributed by atoms with Crippen molar-refractivity contribution in [2.75, 3.05) is 24.5 Å². The van der Waals surface area contributed by atoms with Gasteiger partial charge >= 0.3 is 0 Å². The molecular weight excluding hydrogens is 362 g/mol. The maximum absolute atomic E-state index is 4.81. The molecule has 0 spiro atoms. The van der Waals surface area contributed by atoms with Crippen LogP contribution in [-0.2, 0) is 12.0 Å². The lowest BCUT2D eigenvalue weighted by Crippen LogP contribution is -2.51. The van der Waals surface area contributed by atoms with Crippen LogP contribution in [0.3, 0.4) is 0 Å². The summed E-state index contributed by atoms with van der Waals surface area (Å²) in [6, 6.07) is 12.5. The van der Waals surface area contributed by atoms with Crippen molar-refractivity contribution >= 4 is 22.4 Å². The summed E-state index contributed by atoms with van der Waals surface area (Å²) < 4.78 is 1.89. The molecule has 2 N–H and O–H groups in total. The topological polar surface area (TPSA) is 74.1 Å². The van der Waals surface area contributed by atoms with Gasteiger partial charge in [-0.25, -0.2) is 0 Å². The molecule has 0 unspecified atom stereocenters. The molecule has 4 aromatic rings. The van der Waals surface area contributed by atoms with Crippen LogP contribution in [0.25, 0.3) is 16.6 Å². The molecule has 0 amide bonds. The van der Waals surface area contributed by atoms with E-state index in [4.69, 9.17) is 5.10 Å². The first-order chi connectivity index (χ1) is 14.0. The summed E-state index contributed by atoms with van der Waals surface area (Å²) in [4.78, 5) is 5.66. The fourth-order valence-corrected chi connectivity index (χ4v) is 3.99. The van der Waals surface area contributed by atoms with E-state index in [-0.39, 0.29) is 5.41 Å². The standard InChI is InChI=1S/C22H27N7/c1-22(2,3)21-26-25-19-8-9-20(27-29(19)21)28-13-15(14-28)10-23-11-16-12-24-18-7-5-4-6-17(16)18/h4-9,12,15,23-24H,10-11,13-14H2,1-3H3. The maximum Gasteiger partial charge on any atom is 0.178 e. The quantitative estimate of drug-likeness (QED) is 0.549. The monoisotopic (exact) mass is 389 g/mol. The van der Waals surface area contributed by atoms with Crippen molar-refractivity contribution in [3.05, 3.63) is 54.0 Å². The van der Waals surface area contributed by atoms with Crippen LogP contribution in [0.15, 0.2) is 42.6 Å². The first kappa shape index (κ1) is 18.1. The fourth-order valence-electron chi connectivity index (χ4n) is 3.99. The molecule has 4 heterocycles. The van der Waals surface area contributed by atoms with Gasteiger partial charge in [-0.2, -0.15) is 4.52 Å². The summed E-state index contributed by atoms with van der Waals surface area (Å²) in [6.45, 7) is 10.3. The van der Waals surface area contributed by atoms with Gasteiger partial charge in [-0.1, -0.05) is 39.0 Å². The van der Waals surface area contributed by atoms with Gasteiger partial charge in [-0.3, -0.25) is 0 Å². The van der Waals surface area contributed by atoms with E-state index in [0.717, 1.165) is 43.5 Å². The molecule has 1 saturated heterocycles. The molecule has 29 heavy (non-hydrogen) atoms. The van der Waals surface area contributed by atoms with Crippen LogP contribution in [-0.4, -0.2) is 44.4 Å². The van der Waals surface area contributed by atoms with Crippen molar-refractivity contribution in [3.8, 4) is 0 Å². The first-order valence-corrected chi connectivity index (χ1v) is 10.2. The van der Waals surface area contributed by atoms with Gasteiger partial charge in [0.1, 0.15) is 5.82 Å². The third kappa shape index (κ3) is 3.35. The Bertz CT molecular complexity index is 1140. The van der Waals surface area contributed by atoms with Crippen LogP contribution in [0.1, 0.15) is 32.2 Å². The molecule has 150 valence electrons. The Morgan fingerprint density at radius 1 is 1.10 bits per heavy atom. The molecule has 1 aromatic carbocycles. The predicted molar refractivity (Wildman–Crippen MR) is 115 cm³/mol. The lowest BCUT2D eigenvalue weighted by Gasteiger charge is -2.40. The minimum Gasteiger partial charge on any atom is -0.361 e. The van der Waals surface area contributed by atoms with Gasteiger partial charge in [-0.05, 0) is 23.8 Å². The van der Waals surface area contributed by atoms with Gasteiger partial charge < -0.3 is 15.2 Å². The highest BCUT2D eigenvalue weighted by Gasteiger charge is 2.29. The average molecular weight is 390 g/mol. The predicted octanol–water partition coefficient (Wildman–Crippen LogP) is 3.13. The van der Waals surface area contributed by atoms with E-state index in [2.05, 4.69) is 76.6 Å². The molecule has 0 aliphatic carbocycles. The van der Waals surface area contributed by atoms with Gasteiger partial charge in [0.2, 0.25) is 0 Å². The van der Waals surface area contributed by atoms with Crippen molar-refractivity contribution in [1.82, 2.24) is 30.1 Å². The zero-order chi connectivity index (χ0) is 20.0. The van der Waals surface area contributed by atoms with E-state index in [0.29, 0.717) is 5.92 Å². The zero-order valence-electron chi connectivity index (χ0n) is 17.2. The van der Waals surface area contributed by atoms with Crippen LogP contribution in [0.4, 0.5) is 5.82 Å². The van der Waals surface area contributed by atoms with Crippen molar-refractivity contribution in [2.45, 2.75) is 32.7 Å². The van der Waals surface area contributed by atoms with Gasteiger partial charge in [0.15, 0.2) is 11.5 Å². The second-order valence-electron chi connectivity index (χ2n) is 9.00. The summed E-state index contributed by atoms with van der Waals surface area (Å²) in [7, 11) is 0. The molecule has 0 radical (unpaired) electrons. The molecule has 7 nitrogen and oxygen atoms in total. The number of nitrogens with zero attached hydrogens (tertiary/aromatic N) is 5. The summed E-state index contributed by atoms with van der Waals surface area (Å²) in [5, 5.41) is 18.3. The van der Waals surface area contributed by atoms with Crippen molar-refractivity contribution in [3.63, 3.8) is 0 Å². The number of H-pyrrole nitrogens is 1. The van der Waals surface area contributed by atoms with Crippen molar-refractivity contribution in [2.24, 2.45) is 5.92 Å². The lowest BCUT2D eigenvalue weighted by atomic mass is 9.96. The second-order valence-corrected chi connectivity index (χ2v) is 9.00. The number of aromatic amines is 1. The molecule has 1 aliphatic rings. The van der Waals surface area contributed by atoms with Gasteiger partial charge in [0.05, 0.1) is 0 Å². The van der Waals surface area contributed by atoms with Crippen LogP contribution in [0.5, 0.6) is 0 Å². The van der Waals surface area contributed by atoms with E-state index in [1.54, 1.807) is 0 Å². The van der Waals surface area contributed by atoms with Gasteiger partial charge in [-0.15, -0.1) is 15.3 Å². The highest BCUT2D eigenvalue weighted by atomic mass is 15.4. The Balaban J connectivity index is 1.19. The Hall–Kier alpha value is -2.93. The van der Waals surface area contributed by atoms with Crippen molar-refractivity contribution < 1.29 is 0 Å². The molecule has 0 bridgehead atoms. The first-order valence-electron chi connectivity index (χ1n) is 10.2. The summed E-state index contributed by atoms with van der Waals surface area (Å²) >= 11 is 0. The number of hydrogen-bond donors (Lipinski definition) is 2. The Labute approximate surface area is 170 Å². The third-order valence-corrected chi connectivity index (χ3v) is 5.62. The second kappa shape index (κ2) is 6.84. The summed E-state index contributed by atoms with van der Waals surface area (Å²) in [5.74, 6) is 2.53. The molecule has 1 aliphatic heterocycles. The van der Waals surface area contributed by atoms with Crippen LogP contribution < -0.4 is 10.2 Å². The number of rotatable bonds is 5. The molecule has 1 fully saturated rings. The average Bonchev–Trinajstić information content (AvgIpc) is 3.27. The van der Waals surface area contributed by atoms with Crippen LogP contribution in [0, 0.1) is 5.92 Å². The fraction of sp³-hybridized carbons (Fsp3) is 0.409. The van der Waals surface area contributed by atoms with E-state index in [1.165, 1.54) is 16.5 Å². The maximum atomic E-state index is 4.81.